The fourth-order valence-electron chi connectivity index (χ4n) is 10.8. The van der Waals surface area contributed by atoms with Gasteiger partial charge in [0.2, 0.25) is 30.1 Å². The van der Waals surface area contributed by atoms with E-state index in [-0.39, 0.29) is 74.5 Å². The lowest BCUT2D eigenvalue weighted by molar-refractivity contribution is -0.147. The van der Waals surface area contributed by atoms with Gasteiger partial charge in [-0.3, -0.25) is 14.4 Å². The Morgan fingerprint density at radius 1 is 0.633 bits per heavy atom. The number of nitrogens with one attached hydrogen (secondary N) is 2. The molecule has 546 valence electrons. The summed E-state index contributed by atoms with van der Waals surface area (Å²) in [6, 6.07) is 8.52. The van der Waals surface area contributed by atoms with Crippen molar-refractivity contribution in [1.29, 1.82) is 21.8 Å². The molecule has 0 aromatic heterocycles. The molecule has 2 aromatic carbocycles. The Kier molecular flexibility index (Phi) is 32.1. The van der Waals surface area contributed by atoms with Gasteiger partial charge >= 0.3 is 0 Å². The van der Waals surface area contributed by atoms with Crippen molar-refractivity contribution in [3.05, 3.63) is 69.8 Å². The molecule has 39 heteroatoms. The van der Waals surface area contributed by atoms with Crippen LogP contribution in [0.15, 0.2) is 47.5 Å². The molecule has 2 unspecified atom stereocenters. The number of benzene rings is 2. The van der Waals surface area contributed by atoms with E-state index in [1.807, 2.05) is 26.8 Å². The second-order valence-electron chi connectivity index (χ2n) is 23.2. The highest BCUT2D eigenvalue weighted by Gasteiger charge is 2.58. The normalized spacial score (nSPS) is 32.2. The van der Waals surface area contributed by atoms with Crippen molar-refractivity contribution >= 4 is 185 Å². The van der Waals surface area contributed by atoms with Crippen LogP contribution in [0.4, 0.5) is 0 Å². The molecular weight excluding hydrogens is 1420 g/mol. The number of fused-ring (bicyclic) bond motifs is 2. The molecular formula is C59H102B8N2O21S8. The van der Waals surface area contributed by atoms with E-state index in [0.29, 0.717) is 33.8 Å². The van der Waals surface area contributed by atoms with Crippen molar-refractivity contribution < 1.29 is 99.7 Å². The molecule has 0 radical (unpaired) electrons. The molecule has 8 rings (SSSR count). The standard InChI is InChI=1S/C28H41B2NO11S2.C27H41B2NO10S2.4CH5BS/c1-13-7-15(5-6-17(13)39-27-28(3,4)25(42-44-11-30)21(40-27)16(33)9-32)8-14(2)26(36)31-18-19(34)20(35)23-24(38-12-37-23)22(18)41-43-10-29;1-13-7-15(5-6-16(13)37-26-27(3,4)24(40-42-11-29)17(9-31)38-26)8-14(2)25(34)30-18-19(32)20(33)22-23(36-12-35-22)21(18)39-41-10-28;4*1-2-3/h5-8,18-25,27,32,34-35H,9-12,29-30H2,1-4H3,(H,31,36);5-8,17-24,26,31-33H,9-12,28-29H2,1-4H3,(H,30,34);4*2-3H,1H3/b2*14-8+;;;;/t18?,19-,20+,21+,22+,23+,24-,25+,27+;17-,18?,19+,20-,21-,22-,23+,24-,26-;;;;/m01..../s1/i29TD,30TD,34T,35T;28TD,29TD,32T,33T;4*2D. The fourth-order valence-corrected chi connectivity index (χ4v) is 12.9. The van der Waals surface area contributed by atoms with Gasteiger partial charge in [-0.2, -0.15) is 0 Å². The van der Waals surface area contributed by atoms with Crippen molar-refractivity contribution in [2.24, 2.45) is 10.8 Å². The van der Waals surface area contributed by atoms with Gasteiger partial charge in [0.05, 0.1) is 29.5 Å². The number of aryl methyl sites for hydroxylation is 2. The van der Waals surface area contributed by atoms with E-state index in [4.69, 9.17) is 96.8 Å². The maximum absolute atomic E-state index is 13.5. The smallest absolute Gasteiger partial charge is 0.247 e. The molecule has 4 heterocycles. The van der Waals surface area contributed by atoms with Gasteiger partial charge in [-0.15, -0.1) is 0 Å². The van der Waals surface area contributed by atoms with Crippen LogP contribution in [-0.4, -0.2) is 287 Å². The number of hydrogen-bond acceptors (Lipinski definition) is 29. The van der Waals surface area contributed by atoms with Crippen molar-refractivity contribution in [3.63, 3.8) is 0 Å². The zero-order valence-corrected chi connectivity index (χ0v) is 63.7. The van der Waals surface area contributed by atoms with Crippen LogP contribution in [0.2, 0.25) is 27.3 Å². The molecule has 4 aliphatic heterocycles. The molecule has 8 N–H and O–H groups in total. The van der Waals surface area contributed by atoms with Crippen molar-refractivity contribution in [3.8, 4) is 11.5 Å². The number of rotatable bonds is 33. The number of aliphatic hydroxyl groups is 6. The largest absolute Gasteiger partial charge is 0.464 e. The molecule has 98 heavy (non-hydrogen) atoms. The van der Waals surface area contributed by atoms with Crippen LogP contribution in [0.5, 0.6) is 11.5 Å². The predicted molar refractivity (Wildman–Crippen MR) is 424 cm³/mol. The highest BCUT2D eigenvalue weighted by Crippen LogP contribution is 2.45. The number of Topliss-reactive ketones (excluding diaryl/α,β-unsaturated/α-hetero) is 1. The molecule has 2 aliphatic carbocycles. The number of hydrogen-bond donors (Lipinski definition) is 12. The van der Waals surface area contributed by atoms with Crippen LogP contribution < -0.4 is 20.1 Å². The highest BCUT2D eigenvalue weighted by molar-refractivity contribution is 8.07. The molecule has 6 fully saturated rings. The Bertz CT molecular complexity index is 3230. The van der Waals surface area contributed by atoms with Gasteiger partial charge in [-0.1, -0.05) is 67.1 Å². The van der Waals surface area contributed by atoms with Crippen LogP contribution >= 0.6 is 98.1 Å². The van der Waals surface area contributed by atoms with Gasteiger partial charge in [0, 0.05) is 11.1 Å². The highest BCUT2D eigenvalue weighted by atomic mass is 32.2. The van der Waals surface area contributed by atoms with Gasteiger partial charge in [0.1, 0.15) is 142 Å². The molecule has 2 amide bonds. The molecule has 2 aromatic rings. The number of ether oxygens (including phenoxy) is 8. The van der Waals surface area contributed by atoms with E-state index in [0.717, 1.165) is 53.7 Å². The molecule has 0 bridgehead atoms. The summed E-state index contributed by atoms with van der Waals surface area (Å²) in [4.78, 5) is 39.5. The number of carbonyl (C=O) groups is 3. The topological polar surface area (TPSA) is 307 Å². The van der Waals surface area contributed by atoms with Crippen molar-refractivity contribution in [2.75, 3.05) is 49.4 Å². The first-order chi connectivity index (χ1) is 53.5. The Labute approximate surface area is 647 Å². The van der Waals surface area contributed by atoms with Crippen LogP contribution in [0.1, 0.15) is 63.8 Å². The third-order valence-electron chi connectivity index (χ3n) is 15.5. The van der Waals surface area contributed by atoms with Crippen LogP contribution in [0.3, 0.4) is 0 Å². The first kappa shape index (κ1) is 67.4. The zero-order valence-electron chi connectivity index (χ0n) is 72.9. The number of ketones is 1. The summed E-state index contributed by atoms with van der Waals surface area (Å²) in [5.41, 5.74) is 2.08. The monoisotopic (exact) mass is 1540 g/mol. The first-order valence-electron chi connectivity index (χ1n) is 39.5. The average molecular weight is 1540 g/mol. The third-order valence-corrected chi connectivity index (χ3v) is 17.4. The Morgan fingerprint density at radius 3 is 1.37 bits per heavy atom. The van der Waals surface area contributed by atoms with Crippen LogP contribution in [0.25, 0.3) is 12.2 Å². The van der Waals surface area contributed by atoms with E-state index >= 15 is 0 Å². The first-order valence-corrected chi connectivity index (χ1v) is 36.6. The Morgan fingerprint density at radius 2 is 1.00 bits per heavy atom. The predicted octanol–water partition coefficient (Wildman–Crippen LogP) is 0.293. The van der Waals surface area contributed by atoms with Crippen LogP contribution in [0, 0.1) is 24.7 Å². The maximum Gasteiger partial charge on any atom is 0.247 e. The minimum absolute atomic E-state index is 0.0110. The lowest BCUT2D eigenvalue weighted by Gasteiger charge is -2.43. The summed E-state index contributed by atoms with van der Waals surface area (Å²) >= 11 is 18.1. The minimum atomic E-state index is -1.18. The van der Waals surface area contributed by atoms with Gasteiger partial charge in [0.25, 0.3) is 0 Å². The van der Waals surface area contributed by atoms with Gasteiger partial charge in [-0.05, 0) is 173 Å². The average Bonchev–Trinajstić information content (AvgIpc) is 1.38. The summed E-state index contributed by atoms with van der Waals surface area (Å²) in [6.07, 6.45) is -11.0. The van der Waals surface area contributed by atoms with Crippen molar-refractivity contribution in [2.45, 2.75) is 193 Å². The molecule has 0 spiro atoms. The van der Waals surface area contributed by atoms with Gasteiger partial charge in [0.15, 0.2) is 38.0 Å². The second-order valence-corrected chi connectivity index (χ2v) is 28.3. The quantitative estimate of drug-likeness (QED) is 0.0198. The summed E-state index contributed by atoms with van der Waals surface area (Å²) < 4.78 is 186. The Hall–Kier alpha value is -1.19. The van der Waals surface area contributed by atoms with E-state index in [1.54, 1.807) is 104 Å². The van der Waals surface area contributed by atoms with Gasteiger partial charge in [-0.25, -0.2) is 49.9 Å². The lowest BCUT2D eigenvalue weighted by atomic mass is 9.83. The lowest BCUT2D eigenvalue weighted by Crippen LogP contribution is -2.67. The van der Waals surface area contributed by atoms with E-state index in [2.05, 4.69) is 60.6 Å². The summed E-state index contributed by atoms with van der Waals surface area (Å²) in [5.74, 6) is -0.639. The SMILES string of the molecule is [2H]B(C)S.[2H]B(C)S.[2H]B(C)S.[2H]B(C)S.[2H]B([3H])CSO[C@@H]1C(NC(=O)/C(C)=C/c2ccc(O[C@@H]3O[C@H](C(=O)CO)[C@@H](OSCB([2H])[3H])C3(C)C)c(C)c2)[C@H](O[3H])[C@@H](O[3H])[C@H]2OCO[C@H]21.[2H]B([3H])CSO[C@@H]1C(NC(=O)/C(C)=C/c2ccc(O[C@@H]3O[C@H](CO)[C@@H](OSCB([2H])[3H])C3(C)C)c(C)c2)[C@H](O[3H])[C@@H](O[3H])[C@H]2OCO[C@H]21. The maximum atomic E-state index is 13.5. The molecule has 23 nitrogen and oxygen atoms in total. The van der Waals surface area contributed by atoms with Crippen molar-refractivity contribution in [1.82, 2.24) is 10.6 Å². The molecule has 18 atom stereocenters. The minimum Gasteiger partial charge on any atom is -0.464 e. The van der Waals surface area contributed by atoms with E-state index in [9.17, 15) is 24.6 Å². The fraction of sp³-hybridized carbons (Fsp3) is 0.678. The second kappa shape index (κ2) is 46.7. The van der Waals surface area contributed by atoms with E-state index in [1.165, 1.54) is 0 Å². The summed E-state index contributed by atoms with van der Waals surface area (Å²) in [6.45, 7) is 18.9. The molecule has 2 saturated carbocycles. The summed E-state index contributed by atoms with van der Waals surface area (Å²) in [5, 5.41) is 44.6. The number of thiol groups is 4. The number of aliphatic hydroxyl groups excluding tert-OH is 6. The Balaban J connectivity index is 0.000000496. The molecule has 6 aliphatic rings. The summed E-state index contributed by atoms with van der Waals surface area (Å²) in [7, 11) is -4.48. The van der Waals surface area contributed by atoms with E-state index < -0.39 is 176 Å². The van der Waals surface area contributed by atoms with Crippen LogP contribution in [-0.2, 0) is 59.5 Å². The number of carbonyl (C=O) groups excluding carboxylic acids is 3. The zero-order chi connectivity index (χ0) is 86.2. The number of amides is 2. The van der Waals surface area contributed by atoms with Gasteiger partial charge < -0.3 is 95.9 Å². The molecule has 4 saturated heterocycles. The third kappa shape index (κ3) is 25.5.